The Labute approximate surface area is 274 Å². The van der Waals surface area contributed by atoms with Crippen LogP contribution in [0.4, 0.5) is 0 Å². The summed E-state index contributed by atoms with van der Waals surface area (Å²) in [5.41, 5.74) is 0.283. The second-order valence-electron chi connectivity index (χ2n) is 13.1. The molecule has 0 radical (unpaired) electrons. The van der Waals surface area contributed by atoms with E-state index in [0.29, 0.717) is 38.8 Å². The maximum Gasteiger partial charge on any atom is 0.252 e. The van der Waals surface area contributed by atoms with Crippen molar-refractivity contribution >= 4 is 29.5 Å². The van der Waals surface area contributed by atoms with Gasteiger partial charge in [0.1, 0.15) is 18.1 Å². The first kappa shape index (κ1) is 40.3. The summed E-state index contributed by atoms with van der Waals surface area (Å²) in [5, 5.41) is 26.9. The Hall–Kier alpha value is -3.74. The molecule has 1 aromatic heterocycles. The molecule has 1 heterocycles. The van der Waals surface area contributed by atoms with Crippen LogP contribution >= 0.6 is 0 Å². The van der Waals surface area contributed by atoms with Crippen LogP contribution in [0.25, 0.3) is 0 Å². The van der Waals surface area contributed by atoms with Crippen molar-refractivity contribution in [3.05, 3.63) is 30.1 Å². The van der Waals surface area contributed by atoms with Crippen molar-refractivity contribution < 1.29 is 33.9 Å². The van der Waals surface area contributed by atoms with Gasteiger partial charge in [0.2, 0.25) is 36.0 Å². The van der Waals surface area contributed by atoms with E-state index < -0.39 is 36.0 Å². The second kappa shape index (κ2) is 20.4. The number of carbonyl (C=O) groups is 5. The molecule has 5 atom stereocenters. The van der Waals surface area contributed by atoms with E-state index in [2.05, 4.69) is 31.9 Å². The van der Waals surface area contributed by atoms with Crippen molar-refractivity contribution in [2.45, 2.75) is 118 Å². The van der Waals surface area contributed by atoms with Crippen LogP contribution in [0.1, 0.15) is 98.4 Å². The van der Waals surface area contributed by atoms with E-state index in [9.17, 15) is 29.2 Å². The maximum absolute atomic E-state index is 13.5. The molecule has 0 aromatic carbocycles. The molecule has 1 rings (SSSR count). The van der Waals surface area contributed by atoms with Crippen molar-refractivity contribution in [3.8, 4) is 0 Å². The molecule has 0 fully saturated rings. The number of likely N-dealkylation sites (N-methyl/N-ethyl adjacent to an activating group) is 1. The minimum atomic E-state index is -0.873. The summed E-state index contributed by atoms with van der Waals surface area (Å²) in [6.45, 7) is 17.9. The van der Waals surface area contributed by atoms with Gasteiger partial charge in [0, 0.05) is 36.0 Å². The zero-order valence-electron chi connectivity index (χ0n) is 29.1. The maximum atomic E-state index is 13.5. The smallest absolute Gasteiger partial charge is 0.252 e. The summed E-state index contributed by atoms with van der Waals surface area (Å²) in [6, 6.07) is -0.442. The average Bonchev–Trinajstić information content (AvgIpc) is 2.97. The van der Waals surface area contributed by atoms with Crippen LogP contribution in [-0.2, 0) is 19.2 Å². The van der Waals surface area contributed by atoms with E-state index in [0.717, 1.165) is 4.73 Å². The molecule has 0 bridgehead atoms. The Morgan fingerprint density at radius 2 is 1.33 bits per heavy atom. The summed E-state index contributed by atoms with van der Waals surface area (Å²) >= 11 is 0. The molecule has 46 heavy (non-hydrogen) atoms. The molecule has 0 spiro atoms. The fourth-order valence-corrected chi connectivity index (χ4v) is 4.92. The zero-order valence-corrected chi connectivity index (χ0v) is 29.1. The van der Waals surface area contributed by atoms with Crippen molar-refractivity contribution in [1.82, 2.24) is 31.9 Å². The molecule has 1 aromatic rings. The lowest BCUT2D eigenvalue weighted by Gasteiger charge is -2.28. The first-order valence-corrected chi connectivity index (χ1v) is 16.5. The fraction of sp³-hybridized carbons (Fsp3) is 0.697. The first-order valence-electron chi connectivity index (χ1n) is 16.5. The van der Waals surface area contributed by atoms with Gasteiger partial charge in [-0.05, 0) is 50.9 Å². The Bertz CT molecular complexity index is 1130. The molecule has 0 saturated carbocycles. The SMILES string of the molecule is CCC[C@H](NC(=O)[C@H](CC(C)C)NC(=O)c1cc[n+](O)cc1)C(=O)N[C@H](CN[C@@H](C)C(=O)N[C@H](C(=O)NCC)C(C)C)CC(C)C. The highest BCUT2D eigenvalue weighted by Gasteiger charge is 2.30. The molecule has 0 aliphatic rings. The summed E-state index contributed by atoms with van der Waals surface area (Å²) < 4.78 is 0.817. The van der Waals surface area contributed by atoms with Gasteiger partial charge < -0.3 is 31.9 Å². The van der Waals surface area contributed by atoms with Gasteiger partial charge in [-0.15, -0.1) is 0 Å². The largest absolute Gasteiger partial charge is 0.355 e. The fourth-order valence-electron chi connectivity index (χ4n) is 4.92. The number of rotatable bonds is 20. The standard InChI is InChI=1S/C33H57N7O6/c1-10-12-26(37-32(44)27(18-21(5)6)38-30(42)24-13-15-40(46)16-14-24)31(43)36-25(17-20(3)4)19-35-23(9)29(41)39-28(22(7)8)33(45)34-11-2/h13-16,20-23,25-28,35H,10-12,17-19H2,1-9H3,(H5-,34,36,37,38,39,41,42,43,44,45,46)/p+1/t23-,25-,26-,27-,28-/m0/s1. The van der Waals surface area contributed by atoms with Crippen molar-refractivity contribution in [3.63, 3.8) is 0 Å². The second-order valence-corrected chi connectivity index (χ2v) is 13.1. The molecule has 13 heteroatoms. The molecule has 0 saturated heterocycles. The predicted molar refractivity (Wildman–Crippen MR) is 176 cm³/mol. The van der Waals surface area contributed by atoms with Gasteiger partial charge in [-0.1, -0.05) is 54.9 Å². The van der Waals surface area contributed by atoms with Gasteiger partial charge in [0.15, 0.2) is 0 Å². The Morgan fingerprint density at radius 1 is 0.739 bits per heavy atom. The molecular weight excluding hydrogens is 590 g/mol. The van der Waals surface area contributed by atoms with Gasteiger partial charge in [-0.25, -0.2) is 0 Å². The van der Waals surface area contributed by atoms with E-state index in [4.69, 9.17) is 0 Å². The molecule has 260 valence electrons. The summed E-state index contributed by atoms with van der Waals surface area (Å²) in [5.74, 6) is -1.60. The van der Waals surface area contributed by atoms with Gasteiger partial charge in [0.05, 0.1) is 11.6 Å². The highest BCUT2D eigenvalue weighted by molar-refractivity contribution is 5.98. The normalized spacial score (nSPS) is 14.6. The summed E-state index contributed by atoms with van der Waals surface area (Å²) in [7, 11) is 0. The lowest BCUT2D eigenvalue weighted by molar-refractivity contribution is -0.904. The zero-order chi connectivity index (χ0) is 35.0. The minimum absolute atomic E-state index is 0.0856. The predicted octanol–water partition coefficient (Wildman–Crippen LogP) is 1.43. The van der Waals surface area contributed by atoms with Crippen molar-refractivity contribution in [2.75, 3.05) is 13.1 Å². The summed E-state index contributed by atoms with van der Waals surface area (Å²) in [6.07, 6.45) is 4.66. The van der Waals surface area contributed by atoms with Crippen molar-refractivity contribution in [1.29, 1.82) is 0 Å². The number of nitrogens with one attached hydrogen (secondary N) is 6. The van der Waals surface area contributed by atoms with Crippen LogP contribution in [0.3, 0.4) is 0 Å². The van der Waals surface area contributed by atoms with Gasteiger partial charge >= 0.3 is 0 Å². The van der Waals surface area contributed by atoms with E-state index in [-0.39, 0.29) is 47.1 Å². The highest BCUT2D eigenvalue weighted by Crippen LogP contribution is 2.10. The van der Waals surface area contributed by atoms with E-state index in [1.54, 1.807) is 6.92 Å². The van der Waals surface area contributed by atoms with Crippen LogP contribution in [0, 0.1) is 17.8 Å². The number of aromatic nitrogens is 1. The molecule has 0 aliphatic heterocycles. The number of hydrogen-bond donors (Lipinski definition) is 7. The Morgan fingerprint density at radius 3 is 1.85 bits per heavy atom. The van der Waals surface area contributed by atoms with Crippen LogP contribution in [0.15, 0.2) is 24.5 Å². The number of amides is 5. The molecule has 0 unspecified atom stereocenters. The number of nitrogens with zero attached hydrogens (tertiary/aromatic N) is 1. The van der Waals surface area contributed by atoms with Crippen LogP contribution in [0.5, 0.6) is 0 Å². The quantitative estimate of drug-likeness (QED) is 0.0825. The van der Waals surface area contributed by atoms with Gasteiger partial charge in [0.25, 0.3) is 5.91 Å². The molecule has 0 aliphatic carbocycles. The molecule has 5 amide bonds. The van der Waals surface area contributed by atoms with Crippen LogP contribution < -0.4 is 36.6 Å². The Kier molecular flexibility index (Phi) is 17.9. The minimum Gasteiger partial charge on any atom is -0.355 e. The first-order chi connectivity index (χ1) is 21.6. The number of carbonyl (C=O) groups excluding carboxylic acids is 5. The molecular formula is C33H58N7O6+. The lowest BCUT2D eigenvalue weighted by Crippen LogP contribution is -2.57. The van der Waals surface area contributed by atoms with Crippen molar-refractivity contribution in [2.24, 2.45) is 17.8 Å². The van der Waals surface area contributed by atoms with Gasteiger partial charge in [-0.3, -0.25) is 29.2 Å². The van der Waals surface area contributed by atoms with E-state index in [1.807, 2.05) is 55.4 Å². The molecule has 7 N–H and O–H groups in total. The van der Waals surface area contributed by atoms with Crippen LogP contribution in [0.2, 0.25) is 0 Å². The third kappa shape index (κ3) is 14.6. The highest BCUT2D eigenvalue weighted by atomic mass is 16.5. The molecule has 13 nitrogen and oxygen atoms in total. The van der Waals surface area contributed by atoms with Crippen LogP contribution in [-0.4, -0.2) is 78.0 Å². The lowest BCUT2D eigenvalue weighted by atomic mass is 10.0. The third-order valence-corrected chi connectivity index (χ3v) is 7.38. The number of hydrogen-bond acceptors (Lipinski definition) is 7. The third-order valence-electron chi connectivity index (χ3n) is 7.38. The number of pyridine rings is 1. The monoisotopic (exact) mass is 648 g/mol. The van der Waals surface area contributed by atoms with E-state index in [1.165, 1.54) is 24.5 Å². The summed E-state index contributed by atoms with van der Waals surface area (Å²) in [4.78, 5) is 65.2. The Balaban J connectivity index is 2.96. The van der Waals surface area contributed by atoms with E-state index >= 15 is 0 Å². The van der Waals surface area contributed by atoms with Gasteiger partial charge in [-0.2, -0.15) is 0 Å². The average molecular weight is 649 g/mol. The topological polar surface area (TPSA) is 182 Å².